The molecule has 13 N–H and O–H groups in total. The molecule has 2 heterocycles. The molecule has 1 fully saturated rings. The lowest BCUT2D eigenvalue weighted by molar-refractivity contribution is -0.886. The molecule has 3 rings (SSSR count). The zero-order valence-corrected chi connectivity index (χ0v) is 69.1. The van der Waals surface area contributed by atoms with E-state index in [0.29, 0.717) is 63.1 Å². The Balaban J connectivity index is -0.000000248. The van der Waals surface area contributed by atoms with Crippen LogP contribution in [0.2, 0.25) is 0 Å². The van der Waals surface area contributed by atoms with E-state index in [4.69, 9.17) is 53.8 Å². The number of aliphatic carboxylic acids is 2. The monoisotopic (exact) mass is 1490 g/mol. The number of hydrogen-bond acceptors (Lipinski definition) is 17. The third kappa shape index (κ3) is 78.9. The highest BCUT2D eigenvalue weighted by molar-refractivity contribution is 7.85. The van der Waals surface area contributed by atoms with Crippen molar-refractivity contribution in [3.63, 3.8) is 0 Å². The Morgan fingerprint density at radius 1 is 0.606 bits per heavy atom. The summed E-state index contributed by atoms with van der Waals surface area (Å²) >= 11 is 0. The molecule has 592 valence electrons. The van der Waals surface area contributed by atoms with E-state index >= 15 is 0 Å². The third-order valence-electron chi connectivity index (χ3n) is 13.1. The van der Waals surface area contributed by atoms with Gasteiger partial charge in [-0.05, 0) is 107 Å². The van der Waals surface area contributed by atoms with Crippen molar-refractivity contribution >= 4 is 50.7 Å². The first-order valence-electron chi connectivity index (χ1n) is 33.9. The molecule has 1 aromatic heterocycles. The number of carboxylic acids is 2. The van der Waals surface area contributed by atoms with Gasteiger partial charge in [0.25, 0.3) is 10.1 Å². The molecule has 1 aliphatic heterocycles. The molecule has 0 radical (unpaired) electrons. The number of nitrogens with two attached hydrogens (primary N) is 1. The fourth-order valence-electron chi connectivity index (χ4n) is 8.59. The summed E-state index contributed by atoms with van der Waals surface area (Å²) in [6.07, 6.45) is -1.31. The predicted octanol–water partition coefficient (Wildman–Crippen LogP) is 11.3. The number of aliphatic hydroxyl groups is 5. The second-order valence-corrected chi connectivity index (χ2v) is 40.6. The van der Waals surface area contributed by atoms with Gasteiger partial charge in [0.15, 0.2) is 12.8 Å². The van der Waals surface area contributed by atoms with Crippen LogP contribution in [0.25, 0.3) is 11.0 Å². The standard InChI is InChI=1S/C13H14O2.C10H20O5.C9H20O2.C8H17NO2.C7H17NO3S.C6H15N.C6H15O3P.C6H14O3S.C6H12O2/c1-13(2,3)10-5-6-11-9(8-10)4-7-12(14)15-11;1-10(2,3)4-5-6(11)7(12)8(13)9(14)15-5;1-9(2,3)5-8-11-7-4-6-10;1-7(2)5-9(3,4)6-8(10)11;1-7(2)5-8(3,4)6-12(9,10)11;1-6(2,3)4-5-7;2*1-6(2,3)4-5-10(7,8)9;1-6(2,3)4-5(7)8/h4-8H,1-3H3;5-9,11-14H,4H2,1-3H3;10H,4-8H2,1-3H3;7H,5-6H2,1-4H3;7H,5-6H2,1-4H3;4-5,7H2,1-3H3;4-5H2,1-3H3,(H2,7,8,9);4-5H2,1-3H3,(H,7,8,9);4H2,1-3H3,(H,7,8)/p+2/t;5?,6-,7-,8?,9-;;;;;;;/m.1......./s1. The Hall–Kier alpha value is -3.06. The number of likely N-dealkylation sites (N-methyl/N-ethyl adjacent to an activating group) is 1. The Bertz CT molecular complexity index is 2830. The third-order valence-corrected chi connectivity index (χ3v) is 15.6. The van der Waals surface area contributed by atoms with Crippen LogP contribution in [0.4, 0.5) is 0 Å². The quantitative estimate of drug-likeness (QED) is 0.0193. The summed E-state index contributed by atoms with van der Waals surface area (Å²) in [4.78, 5) is 48.4. The average Bonchev–Trinajstić information content (AvgIpc) is 0.821. The van der Waals surface area contributed by atoms with Gasteiger partial charge in [0.05, 0.1) is 65.7 Å². The van der Waals surface area contributed by atoms with Crippen LogP contribution in [0.15, 0.2) is 39.5 Å². The number of carboxylic acid groups (broad SMARTS) is 2. The topological polar surface area (TPSA) is 417 Å². The van der Waals surface area contributed by atoms with E-state index in [-0.39, 0.29) is 70.1 Å². The van der Waals surface area contributed by atoms with Crippen molar-refractivity contribution in [2.24, 2.45) is 50.1 Å². The molecule has 2 aromatic rings. The summed E-state index contributed by atoms with van der Waals surface area (Å²) in [5, 5.41) is 63.8. The number of quaternary nitrogens is 2. The van der Waals surface area contributed by atoms with Crippen LogP contribution < -0.4 is 11.4 Å². The molecular weight excluding hydrogens is 1340 g/mol. The molecule has 99 heavy (non-hydrogen) atoms. The van der Waals surface area contributed by atoms with Crippen LogP contribution in [0.1, 0.15) is 224 Å². The average molecular weight is 1490 g/mol. The zero-order valence-electron chi connectivity index (χ0n) is 66.6. The van der Waals surface area contributed by atoms with E-state index in [1.807, 2.05) is 123 Å². The summed E-state index contributed by atoms with van der Waals surface area (Å²) in [5.41, 5.74) is 7.62. The van der Waals surface area contributed by atoms with Gasteiger partial charge in [-0.3, -0.25) is 18.5 Å². The van der Waals surface area contributed by atoms with Crippen molar-refractivity contribution in [2.45, 2.75) is 254 Å². The second kappa shape index (κ2) is 47.4. The lowest BCUT2D eigenvalue weighted by Crippen LogP contribution is -2.58. The van der Waals surface area contributed by atoms with Gasteiger partial charge in [0.2, 0.25) is 5.88 Å². The summed E-state index contributed by atoms with van der Waals surface area (Å²) in [5.74, 6) is -0.846. The normalized spacial score (nSPS) is 17.2. The first kappa shape index (κ1) is 107. The summed E-state index contributed by atoms with van der Waals surface area (Å²) in [6.45, 7) is 55.6. The molecule has 0 bridgehead atoms. The van der Waals surface area contributed by atoms with Gasteiger partial charge < -0.3 is 74.1 Å². The molecule has 0 saturated carbocycles. The SMILES string of the molecule is CC(C)(C)CC(=O)O.CC(C)(C)CC1O[C@@H](O)C(O)[C@H](O)[C@@H]1O.CC(C)(C)CCN.CC(C)(C)CCOCCCO.CC(C)(C)CCP(=O)(O)O.CC(C)(C)CCS(=O)(=O)O.CC(C)(C)c1ccc2oc(=O)ccc2c1.CC(C)C[N+](C)(C)CC(=O)O.CC(C)C[N+](C)(C)CS(=O)(=O)O. The van der Waals surface area contributed by atoms with Gasteiger partial charge >= 0.3 is 35.3 Å². The molecule has 25 nitrogen and oxygen atoms in total. The highest BCUT2D eigenvalue weighted by Gasteiger charge is 2.44. The van der Waals surface area contributed by atoms with E-state index in [1.165, 1.54) is 11.6 Å². The minimum absolute atomic E-state index is 0.00347. The number of nitrogens with zero attached hydrogens (tertiary/aromatic N) is 2. The van der Waals surface area contributed by atoms with Gasteiger partial charge in [-0.15, -0.1) is 0 Å². The highest BCUT2D eigenvalue weighted by Crippen LogP contribution is 2.38. The molecule has 1 aliphatic rings. The van der Waals surface area contributed by atoms with E-state index < -0.39 is 70.5 Å². The highest BCUT2D eigenvalue weighted by atomic mass is 32.2. The van der Waals surface area contributed by atoms with Crippen molar-refractivity contribution in [3.8, 4) is 0 Å². The smallest absolute Gasteiger partial charge is 0.359 e. The molecule has 28 heteroatoms. The van der Waals surface area contributed by atoms with Gasteiger partial charge in [-0.2, -0.15) is 16.8 Å². The van der Waals surface area contributed by atoms with Gasteiger partial charge in [0, 0.05) is 43.1 Å². The lowest BCUT2D eigenvalue weighted by atomic mass is 9.84. The molecule has 5 atom stereocenters. The molecule has 1 aromatic carbocycles. The van der Waals surface area contributed by atoms with Crippen molar-refractivity contribution in [2.75, 3.05) is 92.0 Å². The Kier molecular flexibility index (Phi) is 51.2. The molecular formula is C71H146N3O22PS2+2. The van der Waals surface area contributed by atoms with Crippen LogP contribution in [-0.4, -0.2) is 215 Å². The van der Waals surface area contributed by atoms with Crippen LogP contribution in [0.5, 0.6) is 0 Å². The number of hydrogen-bond donors (Lipinski definition) is 12. The lowest BCUT2D eigenvalue weighted by Gasteiger charge is -2.40. The number of ether oxygens (including phenoxy) is 2. The molecule has 0 spiro atoms. The van der Waals surface area contributed by atoms with Crippen LogP contribution in [0, 0.1) is 44.3 Å². The Morgan fingerprint density at radius 2 is 1.06 bits per heavy atom. The van der Waals surface area contributed by atoms with Crippen LogP contribution in [-0.2, 0) is 49.3 Å². The Morgan fingerprint density at radius 3 is 1.36 bits per heavy atom. The number of rotatable bonds is 20. The number of carbonyl (C=O) groups is 2. The van der Waals surface area contributed by atoms with E-state index in [0.717, 1.165) is 50.9 Å². The predicted molar refractivity (Wildman–Crippen MR) is 400 cm³/mol. The number of aliphatic hydroxyl groups excluding tert-OH is 5. The van der Waals surface area contributed by atoms with Crippen molar-refractivity contribution in [1.82, 2.24) is 0 Å². The first-order chi connectivity index (χ1) is 43.6. The van der Waals surface area contributed by atoms with Crippen molar-refractivity contribution in [3.05, 3.63) is 46.3 Å². The number of benzene rings is 1. The maximum Gasteiger partial charge on any atom is 0.359 e. The van der Waals surface area contributed by atoms with Crippen LogP contribution >= 0.6 is 7.60 Å². The minimum atomic E-state index is -3.86. The summed E-state index contributed by atoms with van der Waals surface area (Å²) in [7, 11) is -3.93. The maximum atomic E-state index is 11.0. The Labute approximate surface area is 598 Å². The first-order valence-corrected chi connectivity index (χ1v) is 38.9. The van der Waals surface area contributed by atoms with E-state index in [1.54, 1.807) is 20.2 Å². The van der Waals surface area contributed by atoms with E-state index in [2.05, 4.69) is 82.2 Å². The summed E-state index contributed by atoms with van der Waals surface area (Å²) < 4.78 is 85.2. The molecule has 0 aliphatic carbocycles. The molecule has 2 unspecified atom stereocenters. The second-order valence-electron chi connectivity index (χ2n) is 35.9. The van der Waals surface area contributed by atoms with Crippen molar-refractivity contribution in [1.29, 1.82) is 0 Å². The van der Waals surface area contributed by atoms with Gasteiger partial charge in [-0.25, -0.2) is 9.59 Å². The molecule has 0 amide bonds. The largest absolute Gasteiger partial charge is 0.481 e. The van der Waals surface area contributed by atoms with Gasteiger partial charge in [-0.1, -0.05) is 179 Å². The number of fused-ring (bicyclic) bond motifs is 1. The zero-order chi connectivity index (χ0) is 80.2. The maximum absolute atomic E-state index is 11.0. The van der Waals surface area contributed by atoms with Crippen molar-refractivity contribution < 1.29 is 108 Å². The minimum Gasteiger partial charge on any atom is -0.481 e. The van der Waals surface area contributed by atoms with E-state index in [9.17, 15) is 56.2 Å². The summed E-state index contributed by atoms with van der Waals surface area (Å²) in [6, 6.07) is 9.19. The van der Waals surface area contributed by atoms with Crippen LogP contribution in [0.3, 0.4) is 0 Å². The molecule has 1 saturated heterocycles. The fraction of sp³-hybridized carbons (Fsp3) is 0.845. The van der Waals surface area contributed by atoms with Gasteiger partial charge in [0.1, 0.15) is 23.9 Å². The fourth-order valence-corrected chi connectivity index (χ4v) is 11.4.